The van der Waals surface area contributed by atoms with Crippen molar-refractivity contribution in [3.05, 3.63) is 57.8 Å². The molecule has 4 heterocycles. The molecule has 144 valence electrons. The fraction of sp³-hybridized carbons (Fsp3) is 0.333. The molecule has 10 heteroatoms. The zero-order valence-electron chi connectivity index (χ0n) is 15.0. The van der Waals surface area contributed by atoms with E-state index < -0.39 is 10.5 Å². The average molecular weight is 385 g/mol. The molecule has 5 rings (SSSR count). The van der Waals surface area contributed by atoms with Crippen LogP contribution in [0.15, 0.2) is 34.9 Å². The summed E-state index contributed by atoms with van der Waals surface area (Å²) in [7, 11) is 0. The van der Waals surface area contributed by atoms with Gasteiger partial charge in [0.05, 0.1) is 18.8 Å². The Balaban J connectivity index is 1.26. The van der Waals surface area contributed by atoms with E-state index in [2.05, 4.69) is 14.9 Å². The number of rotatable bonds is 4. The molecule has 0 radical (unpaired) electrons. The molecule has 0 saturated carbocycles. The summed E-state index contributed by atoms with van der Waals surface area (Å²) in [5, 5.41) is 10.8. The number of oxazole rings is 1. The first-order valence-electron chi connectivity index (χ1n) is 8.76. The normalized spacial score (nSPS) is 20.8. The highest BCUT2D eigenvalue weighted by molar-refractivity contribution is 5.53. The van der Waals surface area contributed by atoms with Crippen LogP contribution in [0.5, 0.6) is 6.01 Å². The van der Waals surface area contributed by atoms with Crippen molar-refractivity contribution in [3.8, 4) is 17.5 Å². The lowest BCUT2D eigenvalue weighted by atomic mass is 10.1. The van der Waals surface area contributed by atoms with E-state index in [1.165, 1.54) is 18.3 Å². The highest BCUT2D eigenvalue weighted by atomic mass is 19.1. The fourth-order valence-corrected chi connectivity index (χ4v) is 3.77. The number of halogens is 1. The van der Waals surface area contributed by atoms with Crippen molar-refractivity contribution in [2.45, 2.75) is 32.2 Å². The molecule has 0 amide bonds. The summed E-state index contributed by atoms with van der Waals surface area (Å²) in [6, 6.07) is 6.30. The number of nitro groups is 1. The molecule has 1 atom stereocenters. The van der Waals surface area contributed by atoms with Gasteiger partial charge < -0.3 is 19.3 Å². The molecule has 0 saturated heterocycles. The Morgan fingerprint density at radius 2 is 2.07 bits per heavy atom. The van der Waals surface area contributed by atoms with Crippen LogP contribution in [0, 0.1) is 15.9 Å². The zero-order valence-corrected chi connectivity index (χ0v) is 15.0. The maximum absolute atomic E-state index is 13.1. The fourth-order valence-electron chi connectivity index (χ4n) is 3.77. The molecule has 28 heavy (non-hydrogen) atoms. The minimum Gasteiger partial charge on any atom is -0.439 e. The van der Waals surface area contributed by atoms with E-state index in [9.17, 15) is 14.5 Å². The van der Waals surface area contributed by atoms with Crippen molar-refractivity contribution in [2.75, 3.05) is 6.54 Å². The van der Waals surface area contributed by atoms with Crippen molar-refractivity contribution >= 4 is 5.82 Å². The quantitative estimate of drug-likeness (QED) is 0.503. The number of nitrogens with zero attached hydrogens (tertiary/aromatic N) is 5. The molecule has 3 aromatic rings. The summed E-state index contributed by atoms with van der Waals surface area (Å²) in [6.45, 7) is 4.23. The lowest BCUT2D eigenvalue weighted by molar-refractivity contribution is -0.389. The van der Waals surface area contributed by atoms with E-state index in [0.717, 1.165) is 17.0 Å². The summed E-state index contributed by atoms with van der Waals surface area (Å²) >= 11 is 0. The Kier molecular flexibility index (Phi) is 3.53. The Morgan fingerprint density at radius 1 is 1.29 bits per heavy atom. The zero-order chi connectivity index (χ0) is 19.5. The molecular formula is C18H16FN5O4. The maximum Gasteiger partial charge on any atom is 0.415 e. The Morgan fingerprint density at radius 3 is 2.75 bits per heavy atom. The van der Waals surface area contributed by atoms with Crippen molar-refractivity contribution in [1.29, 1.82) is 0 Å². The van der Waals surface area contributed by atoms with Gasteiger partial charge in [-0.05, 0) is 36.1 Å². The summed E-state index contributed by atoms with van der Waals surface area (Å²) in [6.07, 6.45) is 1.39. The molecule has 0 fully saturated rings. The van der Waals surface area contributed by atoms with E-state index in [0.29, 0.717) is 32.1 Å². The Bertz CT molecular complexity index is 1030. The van der Waals surface area contributed by atoms with Gasteiger partial charge in [-0.3, -0.25) is 9.47 Å². The number of hydrogen-bond donors (Lipinski definition) is 0. The van der Waals surface area contributed by atoms with Crippen LogP contribution in [-0.2, 0) is 19.6 Å². The first kappa shape index (κ1) is 16.9. The van der Waals surface area contributed by atoms with Crippen LogP contribution >= 0.6 is 0 Å². The maximum atomic E-state index is 13.1. The van der Waals surface area contributed by atoms with Crippen LogP contribution in [0.1, 0.15) is 18.4 Å². The average Bonchev–Trinajstić information content (AvgIpc) is 3.33. The summed E-state index contributed by atoms with van der Waals surface area (Å²) in [5.41, 5.74) is 1.05. The summed E-state index contributed by atoms with van der Waals surface area (Å²) in [5.74, 6) is 0.758. The predicted molar refractivity (Wildman–Crippen MR) is 93.9 cm³/mol. The third-order valence-corrected chi connectivity index (χ3v) is 4.92. The molecule has 2 aliphatic rings. The van der Waals surface area contributed by atoms with Gasteiger partial charge in [0, 0.05) is 23.6 Å². The molecule has 0 spiro atoms. The van der Waals surface area contributed by atoms with Gasteiger partial charge in [0.2, 0.25) is 5.89 Å². The number of benzene rings is 1. The van der Waals surface area contributed by atoms with Crippen LogP contribution in [0.25, 0.3) is 11.5 Å². The van der Waals surface area contributed by atoms with Gasteiger partial charge in [0.1, 0.15) is 23.4 Å². The van der Waals surface area contributed by atoms with Gasteiger partial charge in [-0.1, -0.05) is 0 Å². The van der Waals surface area contributed by atoms with Crippen LogP contribution in [0.3, 0.4) is 0 Å². The molecule has 2 aromatic heterocycles. The minimum atomic E-state index is -0.541. The topological polar surface area (TPSA) is 99.5 Å². The molecule has 0 aliphatic carbocycles. The molecular weight excluding hydrogens is 369 g/mol. The van der Waals surface area contributed by atoms with Crippen LogP contribution in [-0.4, -0.2) is 36.5 Å². The monoisotopic (exact) mass is 385 g/mol. The second kappa shape index (κ2) is 5.86. The third-order valence-electron chi connectivity index (χ3n) is 4.92. The highest BCUT2D eigenvalue weighted by Gasteiger charge is 2.42. The second-order valence-corrected chi connectivity index (χ2v) is 7.36. The first-order valence-corrected chi connectivity index (χ1v) is 8.76. The highest BCUT2D eigenvalue weighted by Crippen LogP contribution is 2.34. The van der Waals surface area contributed by atoms with Gasteiger partial charge in [0.25, 0.3) is 0 Å². The van der Waals surface area contributed by atoms with Gasteiger partial charge in [0.15, 0.2) is 0 Å². The van der Waals surface area contributed by atoms with Crippen molar-refractivity contribution in [2.24, 2.45) is 0 Å². The summed E-state index contributed by atoms with van der Waals surface area (Å²) in [4.78, 5) is 20.9. The van der Waals surface area contributed by atoms with Crippen LogP contribution in [0.4, 0.5) is 10.2 Å². The standard InChI is InChI=1S/C18H16FN5O4/c1-18(10-23-8-15(24(25)26)21-17(23)28-18)9-22-6-13-14(7-22)27-16(20-13)11-2-4-12(19)5-3-11/h2-5,8H,6-7,9-10H2,1H3. The smallest absolute Gasteiger partial charge is 0.415 e. The largest absolute Gasteiger partial charge is 0.439 e. The number of hydrogen-bond acceptors (Lipinski definition) is 7. The molecule has 1 aromatic carbocycles. The van der Waals surface area contributed by atoms with E-state index in [1.54, 1.807) is 16.7 Å². The molecule has 1 unspecified atom stereocenters. The van der Waals surface area contributed by atoms with Gasteiger partial charge in [-0.2, -0.15) is 0 Å². The van der Waals surface area contributed by atoms with Crippen LogP contribution < -0.4 is 4.74 Å². The number of fused-ring (bicyclic) bond motifs is 2. The Hall–Kier alpha value is -3.27. The van der Waals surface area contributed by atoms with E-state index in [1.807, 2.05) is 6.92 Å². The lowest BCUT2D eigenvalue weighted by Crippen LogP contribution is -2.43. The minimum absolute atomic E-state index is 0.213. The van der Waals surface area contributed by atoms with E-state index in [-0.39, 0.29) is 17.6 Å². The molecule has 0 bridgehead atoms. The first-order chi connectivity index (χ1) is 13.4. The van der Waals surface area contributed by atoms with Crippen LogP contribution in [0.2, 0.25) is 0 Å². The number of aromatic nitrogens is 3. The third kappa shape index (κ3) is 2.82. The second-order valence-electron chi connectivity index (χ2n) is 7.36. The SMILES string of the molecule is CC1(CN2Cc3nc(-c4ccc(F)cc4)oc3C2)Cn2cc([N+](=O)[O-])nc2O1. The van der Waals surface area contributed by atoms with Gasteiger partial charge in [-0.15, -0.1) is 0 Å². The molecule has 9 nitrogen and oxygen atoms in total. The Labute approximate surface area is 158 Å². The molecule has 0 N–H and O–H groups in total. The van der Waals surface area contributed by atoms with E-state index in [4.69, 9.17) is 9.15 Å². The van der Waals surface area contributed by atoms with Crippen molar-refractivity contribution < 1.29 is 18.5 Å². The lowest BCUT2D eigenvalue weighted by Gasteiger charge is -2.27. The van der Waals surface area contributed by atoms with Crippen molar-refractivity contribution in [1.82, 2.24) is 19.4 Å². The number of ether oxygens (including phenoxy) is 1. The summed E-state index contributed by atoms with van der Waals surface area (Å²) < 4.78 is 26.5. The van der Waals surface area contributed by atoms with Crippen molar-refractivity contribution in [3.63, 3.8) is 0 Å². The van der Waals surface area contributed by atoms with E-state index >= 15 is 0 Å². The van der Waals surface area contributed by atoms with Gasteiger partial charge >= 0.3 is 11.8 Å². The predicted octanol–water partition coefficient (Wildman–Crippen LogP) is 2.75. The van der Waals surface area contributed by atoms with Gasteiger partial charge in [-0.25, -0.2) is 9.37 Å². The molecule has 2 aliphatic heterocycles. The number of imidazole rings is 1.